The minimum absolute atomic E-state index is 0.0342. The molecular weight excluding hydrogens is 343 g/mol. The van der Waals surface area contributed by atoms with Gasteiger partial charge in [0.25, 0.3) is 5.69 Å². The van der Waals surface area contributed by atoms with E-state index in [-0.39, 0.29) is 11.7 Å². The zero-order chi connectivity index (χ0) is 17.9. The van der Waals surface area contributed by atoms with Gasteiger partial charge in [0.2, 0.25) is 0 Å². The summed E-state index contributed by atoms with van der Waals surface area (Å²) in [5.41, 5.74) is -1.54. The van der Waals surface area contributed by atoms with Gasteiger partial charge in [0.15, 0.2) is 0 Å². The van der Waals surface area contributed by atoms with Crippen molar-refractivity contribution in [1.82, 2.24) is 0 Å². The molecule has 1 aromatic carbocycles. The van der Waals surface area contributed by atoms with Crippen molar-refractivity contribution in [2.75, 3.05) is 26.0 Å². The normalized spacial score (nSPS) is 13.1. The lowest BCUT2D eigenvalue weighted by atomic mass is 10.1. The maximum atomic E-state index is 12.7. The number of rotatable bonds is 6. The van der Waals surface area contributed by atoms with Crippen LogP contribution in [0.15, 0.2) is 35.7 Å². The number of nitrogens with one attached hydrogen (secondary N) is 2. The van der Waals surface area contributed by atoms with Crippen molar-refractivity contribution >= 4 is 22.7 Å². The van der Waals surface area contributed by atoms with Crippen molar-refractivity contribution in [3.63, 3.8) is 0 Å². The number of nitro benzene ring substituents is 1. The van der Waals surface area contributed by atoms with Crippen LogP contribution in [-0.4, -0.2) is 25.6 Å². The number of quaternary nitrogens is 1. The van der Waals surface area contributed by atoms with Gasteiger partial charge in [0, 0.05) is 6.07 Å². The number of thiophene rings is 1. The second-order valence-corrected chi connectivity index (χ2v) is 6.49. The number of hydrogen-bond acceptors (Lipinski definition) is 4. The predicted octanol–water partition coefficient (Wildman–Crippen LogP) is 2.97. The highest BCUT2D eigenvalue weighted by molar-refractivity contribution is 7.10. The van der Waals surface area contributed by atoms with Gasteiger partial charge in [-0.15, -0.1) is 11.3 Å². The first kappa shape index (κ1) is 18.2. The minimum atomic E-state index is -4.61. The highest BCUT2D eigenvalue weighted by Gasteiger charge is 2.33. The highest BCUT2D eigenvalue weighted by Crippen LogP contribution is 2.35. The van der Waals surface area contributed by atoms with Crippen LogP contribution in [0.2, 0.25) is 0 Å². The van der Waals surface area contributed by atoms with E-state index in [1.807, 2.05) is 31.6 Å². The molecule has 9 heteroatoms. The molecule has 24 heavy (non-hydrogen) atoms. The van der Waals surface area contributed by atoms with E-state index in [1.54, 1.807) is 11.3 Å². The summed E-state index contributed by atoms with van der Waals surface area (Å²) in [7, 11) is 3.90. The Morgan fingerprint density at radius 1 is 1.33 bits per heavy atom. The van der Waals surface area contributed by atoms with Crippen molar-refractivity contribution in [1.29, 1.82) is 0 Å². The van der Waals surface area contributed by atoms with Crippen LogP contribution in [-0.2, 0) is 6.18 Å². The Morgan fingerprint density at radius 2 is 2.04 bits per heavy atom. The molecule has 2 aromatic rings. The molecule has 0 aliphatic heterocycles. The van der Waals surface area contributed by atoms with E-state index in [1.165, 1.54) is 0 Å². The first-order valence-corrected chi connectivity index (χ1v) is 8.01. The Bertz CT molecular complexity index is 702. The Labute approximate surface area is 140 Å². The van der Waals surface area contributed by atoms with Crippen molar-refractivity contribution in [2.24, 2.45) is 0 Å². The smallest absolute Gasteiger partial charge is 0.373 e. The van der Waals surface area contributed by atoms with E-state index < -0.39 is 22.4 Å². The fourth-order valence-corrected chi connectivity index (χ4v) is 3.25. The van der Waals surface area contributed by atoms with Crippen molar-refractivity contribution < 1.29 is 23.0 Å². The maximum absolute atomic E-state index is 12.7. The maximum Gasteiger partial charge on any atom is 0.416 e. The number of hydrogen-bond donors (Lipinski definition) is 2. The average molecular weight is 360 g/mol. The Hall–Kier alpha value is -2.13. The molecule has 0 radical (unpaired) electrons. The van der Waals surface area contributed by atoms with Crippen LogP contribution >= 0.6 is 11.3 Å². The number of nitro groups is 1. The minimum Gasteiger partial charge on any atom is -0.373 e. The molecule has 0 bridgehead atoms. The Kier molecular flexibility index (Phi) is 5.45. The van der Waals surface area contributed by atoms with Crippen molar-refractivity contribution in [2.45, 2.75) is 12.2 Å². The first-order chi connectivity index (χ1) is 11.2. The molecular formula is C15H17F3N3O2S+. The van der Waals surface area contributed by atoms with Gasteiger partial charge in [-0.2, -0.15) is 13.2 Å². The predicted molar refractivity (Wildman–Crippen MR) is 86.5 cm³/mol. The van der Waals surface area contributed by atoms with Crippen LogP contribution in [0.3, 0.4) is 0 Å². The summed E-state index contributed by atoms with van der Waals surface area (Å²) in [4.78, 5) is 12.5. The molecule has 1 aromatic heterocycles. The van der Waals surface area contributed by atoms with E-state index in [2.05, 4.69) is 5.32 Å². The van der Waals surface area contributed by atoms with Gasteiger partial charge in [0.05, 0.1) is 36.0 Å². The molecule has 0 saturated heterocycles. The quantitative estimate of drug-likeness (QED) is 0.615. The van der Waals surface area contributed by atoms with Gasteiger partial charge in [-0.1, -0.05) is 6.07 Å². The monoisotopic (exact) mass is 360 g/mol. The number of benzene rings is 1. The van der Waals surface area contributed by atoms with E-state index in [4.69, 9.17) is 0 Å². The summed E-state index contributed by atoms with van der Waals surface area (Å²) in [6, 6.07) is 6.43. The molecule has 2 N–H and O–H groups in total. The molecule has 0 aliphatic carbocycles. The van der Waals surface area contributed by atoms with Crippen LogP contribution < -0.4 is 10.2 Å². The number of nitrogens with zero attached hydrogens (tertiary/aromatic N) is 1. The number of halogens is 3. The second kappa shape index (κ2) is 7.18. The zero-order valence-electron chi connectivity index (χ0n) is 13.1. The molecule has 1 heterocycles. The van der Waals surface area contributed by atoms with Gasteiger partial charge >= 0.3 is 6.18 Å². The SMILES string of the molecule is C[NH+](C)[C@@H](CNc1ccc(C(F)(F)F)cc1[N+](=O)[O-])c1cccs1. The summed E-state index contributed by atoms with van der Waals surface area (Å²) in [5.74, 6) is 0. The molecule has 130 valence electrons. The van der Waals surface area contributed by atoms with Crippen molar-refractivity contribution in [3.05, 3.63) is 56.3 Å². The third-order valence-corrected chi connectivity index (χ3v) is 4.59. The summed E-state index contributed by atoms with van der Waals surface area (Å²) in [6.45, 7) is 0.370. The third kappa shape index (κ3) is 4.24. The molecule has 1 atom stereocenters. The standard InChI is InChI=1S/C15H16F3N3O2S/c1-20(2)13(14-4-3-7-24-14)9-19-11-6-5-10(15(16,17)18)8-12(11)21(22)23/h3-8,13,19H,9H2,1-2H3/p+1/t13-/m0/s1. The van der Waals surface area contributed by atoms with Crippen molar-refractivity contribution in [3.8, 4) is 0 Å². The average Bonchev–Trinajstić information content (AvgIpc) is 3.00. The molecule has 0 fully saturated rings. The van der Waals surface area contributed by atoms with Crippen LogP contribution in [0.4, 0.5) is 24.5 Å². The first-order valence-electron chi connectivity index (χ1n) is 7.13. The van der Waals surface area contributed by atoms with E-state index in [0.29, 0.717) is 12.6 Å². The topological polar surface area (TPSA) is 59.6 Å². The molecule has 0 amide bonds. The van der Waals surface area contributed by atoms with E-state index in [9.17, 15) is 23.3 Å². The lowest BCUT2D eigenvalue weighted by molar-refractivity contribution is -0.889. The number of anilines is 1. The fourth-order valence-electron chi connectivity index (χ4n) is 2.30. The lowest BCUT2D eigenvalue weighted by Crippen LogP contribution is -3.06. The van der Waals surface area contributed by atoms with Crippen LogP contribution in [0, 0.1) is 10.1 Å². The van der Waals surface area contributed by atoms with Gasteiger partial charge in [-0.25, -0.2) is 0 Å². The molecule has 0 aliphatic rings. The van der Waals surface area contributed by atoms with Crippen LogP contribution in [0.25, 0.3) is 0 Å². The Balaban J connectivity index is 2.24. The molecule has 0 spiro atoms. The van der Waals surface area contributed by atoms with Crippen LogP contribution in [0.5, 0.6) is 0 Å². The van der Waals surface area contributed by atoms with Crippen LogP contribution in [0.1, 0.15) is 16.5 Å². The summed E-state index contributed by atoms with van der Waals surface area (Å²) < 4.78 is 38.2. The summed E-state index contributed by atoms with van der Waals surface area (Å²) in [5, 5.41) is 16.0. The van der Waals surface area contributed by atoms with Gasteiger partial charge < -0.3 is 10.2 Å². The molecule has 0 unspecified atom stereocenters. The van der Waals surface area contributed by atoms with Gasteiger partial charge in [-0.3, -0.25) is 10.1 Å². The van der Waals surface area contributed by atoms with E-state index >= 15 is 0 Å². The Morgan fingerprint density at radius 3 is 2.54 bits per heavy atom. The highest BCUT2D eigenvalue weighted by atomic mass is 32.1. The largest absolute Gasteiger partial charge is 0.416 e. The number of likely N-dealkylation sites (N-methyl/N-ethyl adjacent to an activating group) is 1. The van der Waals surface area contributed by atoms with Gasteiger partial charge in [-0.05, 0) is 23.6 Å². The van der Waals surface area contributed by atoms with E-state index in [0.717, 1.165) is 21.9 Å². The molecule has 5 nitrogen and oxygen atoms in total. The fraction of sp³-hybridized carbons (Fsp3) is 0.333. The third-order valence-electron chi connectivity index (χ3n) is 3.60. The summed E-state index contributed by atoms with van der Waals surface area (Å²) in [6.07, 6.45) is -4.61. The van der Waals surface area contributed by atoms with Gasteiger partial charge in [0.1, 0.15) is 11.7 Å². The number of alkyl halides is 3. The summed E-state index contributed by atoms with van der Waals surface area (Å²) >= 11 is 1.57. The lowest BCUT2D eigenvalue weighted by Gasteiger charge is -2.21. The second-order valence-electron chi connectivity index (χ2n) is 5.51. The molecule has 2 rings (SSSR count). The zero-order valence-corrected chi connectivity index (χ0v) is 13.9. The molecule has 0 saturated carbocycles.